The van der Waals surface area contributed by atoms with Gasteiger partial charge in [-0.1, -0.05) is 63.2 Å². The standard InChI is InChI=1S/C49H61F6N4O10PS2/c1-31(2)67-43(63)32(3)58-70(65,69-37-10-8-7-9-11-37)66-27-39-42(62)47(6,30-60)44(68-39)59-24-21-40(57-45(59)64)56-41(61)26-46(4,5)23-20-38(72-29-34-14-18-36(19-15-34)49(53,54)55)22-25-71-28-33-12-16-35(17-13-33)48(50,51)52/h7-19,21,24,31-32,38-39,42,44,60,62H,20,22-23,25-30H2,1-6H3,(H,58,65)(H,56,57,61,64)/t32-,38+,39+,42-,44+,47?,70?/m0/s1. The predicted octanol–water partition coefficient (Wildman–Crippen LogP) is 10.4. The first kappa shape index (κ1) is 58.5. The van der Waals surface area contributed by atoms with Crippen molar-refractivity contribution in [1.82, 2.24) is 14.6 Å². The lowest BCUT2D eigenvalue weighted by Crippen LogP contribution is -2.43. The molecule has 1 amide bonds. The second-order valence-corrected chi connectivity index (χ2v) is 22.9. The molecule has 4 aromatic rings. The first-order chi connectivity index (χ1) is 33.7. The maximum Gasteiger partial charge on any atom is 0.459 e. The van der Waals surface area contributed by atoms with Gasteiger partial charge in [0.05, 0.1) is 42.0 Å². The molecule has 396 valence electrons. The van der Waals surface area contributed by atoms with Gasteiger partial charge in [0.1, 0.15) is 29.9 Å². The van der Waals surface area contributed by atoms with Crippen LogP contribution in [0.3, 0.4) is 0 Å². The van der Waals surface area contributed by atoms with Crippen LogP contribution in [0.25, 0.3) is 0 Å². The van der Waals surface area contributed by atoms with E-state index in [1.165, 1.54) is 62.5 Å². The quantitative estimate of drug-likeness (QED) is 0.0212. The van der Waals surface area contributed by atoms with E-state index in [-0.39, 0.29) is 23.2 Å². The minimum atomic E-state index is -4.46. The van der Waals surface area contributed by atoms with Gasteiger partial charge < -0.3 is 29.5 Å². The molecule has 1 aromatic heterocycles. The largest absolute Gasteiger partial charge is 0.462 e. The third-order valence-electron chi connectivity index (χ3n) is 11.7. The number of benzene rings is 3. The van der Waals surface area contributed by atoms with Crippen molar-refractivity contribution in [2.24, 2.45) is 10.8 Å². The number of aliphatic hydroxyl groups excluding tert-OH is 2. The van der Waals surface area contributed by atoms with Gasteiger partial charge in [-0.05, 0) is 105 Å². The molecule has 4 N–H and O–H groups in total. The van der Waals surface area contributed by atoms with E-state index < -0.39 is 103 Å². The highest BCUT2D eigenvalue weighted by Gasteiger charge is 2.55. The first-order valence-corrected chi connectivity index (χ1v) is 26.8. The lowest BCUT2D eigenvalue weighted by Gasteiger charge is -2.31. The molecule has 1 aliphatic heterocycles. The molecule has 0 spiro atoms. The molecule has 14 nitrogen and oxygen atoms in total. The molecule has 23 heteroatoms. The number of hydrogen-bond donors (Lipinski definition) is 4. The SMILES string of the molecule is CC(C)OC(=O)[C@H](C)NP(=O)(OC[C@H]1O[C@@H](n2ccc(NC(=O)CC(C)(C)CC[C@H](CCSCc3ccc(C(F)(F)F)cc3)SCc3ccc(C(F)(F)F)cc3)nc2=O)C(C)(CO)[C@H]1O)Oc1ccccc1. The van der Waals surface area contributed by atoms with Gasteiger partial charge in [-0.15, -0.1) is 0 Å². The van der Waals surface area contributed by atoms with Crippen LogP contribution in [0, 0.1) is 10.8 Å². The zero-order valence-electron chi connectivity index (χ0n) is 40.6. The molecule has 7 atom stereocenters. The highest BCUT2D eigenvalue weighted by Crippen LogP contribution is 2.49. The molecule has 0 bridgehead atoms. The number of ether oxygens (including phenoxy) is 2. The van der Waals surface area contributed by atoms with Crippen LogP contribution in [0.5, 0.6) is 5.75 Å². The highest BCUT2D eigenvalue weighted by molar-refractivity contribution is 7.99. The van der Waals surface area contributed by atoms with E-state index >= 15 is 0 Å². The summed E-state index contributed by atoms with van der Waals surface area (Å²) < 4.78 is 117. The molecule has 3 aromatic carbocycles. The Balaban J connectivity index is 1.20. The highest BCUT2D eigenvalue weighted by atomic mass is 32.2. The minimum absolute atomic E-state index is 0.0172. The van der Waals surface area contributed by atoms with Crippen molar-refractivity contribution in [3.05, 3.63) is 124 Å². The molecule has 1 fully saturated rings. The van der Waals surface area contributed by atoms with Crippen LogP contribution in [0.1, 0.15) is 95.7 Å². The van der Waals surface area contributed by atoms with Crippen LogP contribution in [-0.2, 0) is 52.0 Å². The molecule has 2 unspecified atom stereocenters. The molecule has 0 radical (unpaired) electrons. The molecule has 1 saturated heterocycles. The van der Waals surface area contributed by atoms with Crippen molar-refractivity contribution in [3.8, 4) is 5.75 Å². The average molecular weight is 1080 g/mol. The zero-order valence-corrected chi connectivity index (χ0v) is 43.1. The van der Waals surface area contributed by atoms with Crippen LogP contribution in [0.15, 0.2) is 95.9 Å². The summed E-state index contributed by atoms with van der Waals surface area (Å²) in [4.78, 5) is 43.6. The Bertz CT molecular complexity index is 2510. The third-order valence-corrected chi connectivity index (χ3v) is 15.9. The van der Waals surface area contributed by atoms with Gasteiger partial charge in [0.25, 0.3) is 0 Å². The van der Waals surface area contributed by atoms with Crippen molar-refractivity contribution in [2.45, 2.75) is 127 Å². The Morgan fingerprint density at radius 3 is 2.06 bits per heavy atom. The number of carbonyl (C=O) groups is 2. The summed E-state index contributed by atoms with van der Waals surface area (Å²) in [7, 11) is -4.39. The lowest BCUT2D eigenvalue weighted by atomic mass is 9.83. The zero-order chi connectivity index (χ0) is 53.1. The lowest BCUT2D eigenvalue weighted by molar-refractivity contribution is -0.149. The number of halogens is 6. The molecular weight excluding hydrogens is 1010 g/mol. The fraction of sp³-hybridized carbons (Fsp3) is 0.510. The van der Waals surface area contributed by atoms with Gasteiger partial charge in [-0.25, -0.2) is 9.36 Å². The van der Waals surface area contributed by atoms with Gasteiger partial charge in [0.15, 0.2) is 0 Å². The van der Waals surface area contributed by atoms with Crippen molar-refractivity contribution in [2.75, 3.05) is 24.3 Å². The number of aromatic nitrogens is 2. The van der Waals surface area contributed by atoms with E-state index in [1.807, 2.05) is 13.8 Å². The monoisotopic (exact) mass is 1070 g/mol. The van der Waals surface area contributed by atoms with Crippen molar-refractivity contribution in [1.29, 1.82) is 0 Å². The van der Waals surface area contributed by atoms with Crippen LogP contribution < -0.4 is 20.6 Å². The summed E-state index contributed by atoms with van der Waals surface area (Å²) in [6, 6.07) is 18.1. The Morgan fingerprint density at radius 2 is 1.50 bits per heavy atom. The topological polar surface area (TPSA) is 188 Å². The number of hydrogen-bond acceptors (Lipinski definition) is 13. The maximum absolute atomic E-state index is 14.1. The Hall–Kier alpha value is -4.41. The van der Waals surface area contributed by atoms with Crippen LogP contribution >= 0.6 is 31.3 Å². The van der Waals surface area contributed by atoms with Gasteiger partial charge in [-0.3, -0.25) is 18.7 Å². The molecule has 0 saturated carbocycles. The molecule has 72 heavy (non-hydrogen) atoms. The number of carbonyl (C=O) groups excluding carboxylic acids is 2. The molecule has 5 rings (SSSR count). The summed E-state index contributed by atoms with van der Waals surface area (Å²) in [5.41, 5.74) is -3.04. The first-order valence-electron chi connectivity index (χ1n) is 23.0. The average Bonchev–Trinajstić information content (AvgIpc) is 3.55. The molecule has 1 aliphatic rings. The second kappa shape index (κ2) is 25.2. The van der Waals surface area contributed by atoms with E-state index in [0.29, 0.717) is 42.1 Å². The molecule has 2 heterocycles. The van der Waals surface area contributed by atoms with Gasteiger partial charge in [-0.2, -0.15) is 59.9 Å². The van der Waals surface area contributed by atoms with Crippen molar-refractivity contribution >= 4 is 49.0 Å². The van der Waals surface area contributed by atoms with E-state index in [9.17, 15) is 55.5 Å². The van der Waals surface area contributed by atoms with Gasteiger partial charge in [0, 0.05) is 29.4 Å². The Kier molecular flexibility index (Phi) is 20.5. The normalized spacial score (nSPS) is 20.2. The summed E-state index contributed by atoms with van der Waals surface area (Å²) in [5.74, 6) is 0.455. The number of nitrogens with zero attached hydrogens (tertiary/aromatic N) is 2. The molecule has 0 aliphatic carbocycles. The van der Waals surface area contributed by atoms with Crippen molar-refractivity contribution in [3.63, 3.8) is 0 Å². The Labute approximate surface area is 422 Å². The number of alkyl halides is 6. The number of amides is 1. The van der Waals surface area contributed by atoms with Crippen molar-refractivity contribution < 1.29 is 69.2 Å². The number of esters is 1. The van der Waals surface area contributed by atoms with E-state index in [1.54, 1.807) is 55.6 Å². The van der Waals surface area contributed by atoms with Crippen LogP contribution in [-0.4, -0.2) is 80.2 Å². The van der Waals surface area contributed by atoms with Crippen LogP contribution in [0.4, 0.5) is 32.2 Å². The maximum atomic E-state index is 14.1. The number of nitrogens with one attached hydrogen (secondary N) is 2. The predicted molar refractivity (Wildman–Crippen MR) is 263 cm³/mol. The summed E-state index contributed by atoms with van der Waals surface area (Å²) in [6.45, 7) is 8.70. The van der Waals surface area contributed by atoms with Gasteiger partial charge >= 0.3 is 31.8 Å². The van der Waals surface area contributed by atoms with Gasteiger partial charge in [0.2, 0.25) is 5.91 Å². The van der Waals surface area contributed by atoms with E-state index in [4.69, 9.17) is 18.5 Å². The van der Waals surface area contributed by atoms with Crippen LogP contribution in [0.2, 0.25) is 0 Å². The van der Waals surface area contributed by atoms with E-state index in [0.717, 1.165) is 34.4 Å². The minimum Gasteiger partial charge on any atom is -0.462 e. The number of para-hydroxylation sites is 1. The fourth-order valence-electron chi connectivity index (χ4n) is 7.59. The Morgan fingerprint density at radius 1 is 0.903 bits per heavy atom. The summed E-state index contributed by atoms with van der Waals surface area (Å²) in [6.07, 6.45) is -10.3. The third kappa shape index (κ3) is 17.1. The van der Waals surface area contributed by atoms with E-state index in [2.05, 4.69) is 15.4 Å². The number of aliphatic hydroxyl groups is 2. The number of thioether (sulfide) groups is 2. The molecular formula is C49H61F6N4O10PS2. The summed E-state index contributed by atoms with van der Waals surface area (Å²) >= 11 is 3.12. The summed E-state index contributed by atoms with van der Waals surface area (Å²) in [5, 5.41) is 27.2. The fourth-order valence-corrected chi connectivity index (χ4v) is 11.5. The number of anilines is 1. The smallest absolute Gasteiger partial charge is 0.459 e. The number of rotatable bonds is 25. The second-order valence-electron chi connectivity index (χ2n) is 18.8.